The maximum Gasteiger partial charge on any atom is 0.225 e. The van der Waals surface area contributed by atoms with Crippen molar-refractivity contribution in [1.82, 2.24) is 5.32 Å². The molecule has 0 atom stereocenters. The first-order chi connectivity index (χ1) is 8.81. The molecule has 0 spiro atoms. The van der Waals surface area contributed by atoms with Crippen molar-refractivity contribution in [2.45, 2.75) is 32.7 Å². The number of rotatable bonds is 5. The monoisotopic (exact) mass is 328 g/mol. The maximum absolute atomic E-state index is 11.8. The van der Waals surface area contributed by atoms with E-state index in [9.17, 15) is 4.79 Å². The van der Waals surface area contributed by atoms with Gasteiger partial charge in [-0.3, -0.25) is 4.79 Å². The van der Waals surface area contributed by atoms with Crippen molar-refractivity contribution in [1.29, 1.82) is 0 Å². The first-order valence-corrected chi connectivity index (χ1v) is 6.99. The van der Waals surface area contributed by atoms with Crippen molar-refractivity contribution in [3.8, 4) is 5.75 Å². The van der Waals surface area contributed by atoms with E-state index in [1.165, 1.54) is 0 Å². The number of carbonyl (C=O) groups excluding carboxylic acids is 1. The smallest absolute Gasteiger partial charge is 0.225 e. The molecule has 106 valence electrons. The van der Waals surface area contributed by atoms with Gasteiger partial charge in [-0.25, -0.2) is 0 Å². The molecule has 1 aromatic carbocycles. The molecule has 19 heavy (non-hydrogen) atoms. The fraction of sp³-hybridized carbons (Fsp3) is 0.500. The predicted octanol–water partition coefficient (Wildman–Crippen LogP) is 3.17. The zero-order valence-electron chi connectivity index (χ0n) is 11.8. The van der Waals surface area contributed by atoms with Gasteiger partial charge >= 0.3 is 0 Å². The second-order valence-corrected chi connectivity index (χ2v) is 6.18. The molecule has 4 nitrogen and oxygen atoms in total. The average Bonchev–Trinajstić information content (AvgIpc) is 2.30. The molecular formula is C14H21BrN2O2. The van der Waals surface area contributed by atoms with Gasteiger partial charge in [0.15, 0.2) is 0 Å². The van der Waals surface area contributed by atoms with Gasteiger partial charge in [0.2, 0.25) is 5.91 Å². The van der Waals surface area contributed by atoms with Crippen molar-refractivity contribution in [2.24, 2.45) is 0 Å². The molecule has 1 rings (SSSR count). The number of methoxy groups -OCH3 is 1. The largest absolute Gasteiger partial charge is 0.495 e. The summed E-state index contributed by atoms with van der Waals surface area (Å²) in [5.74, 6) is 0.687. The van der Waals surface area contributed by atoms with Crippen LogP contribution in [-0.4, -0.2) is 25.1 Å². The lowest BCUT2D eigenvalue weighted by atomic mass is 10.1. The molecule has 5 heteroatoms. The number of hydrogen-bond acceptors (Lipinski definition) is 3. The van der Waals surface area contributed by atoms with Crippen molar-refractivity contribution < 1.29 is 9.53 Å². The predicted molar refractivity (Wildman–Crippen MR) is 81.7 cm³/mol. The van der Waals surface area contributed by atoms with Crippen LogP contribution in [0.3, 0.4) is 0 Å². The van der Waals surface area contributed by atoms with Crippen LogP contribution >= 0.6 is 15.9 Å². The van der Waals surface area contributed by atoms with Gasteiger partial charge in [-0.15, -0.1) is 0 Å². The van der Waals surface area contributed by atoms with E-state index in [0.717, 1.165) is 10.2 Å². The minimum Gasteiger partial charge on any atom is -0.495 e. The molecule has 1 amide bonds. The summed E-state index contributed by atoms with van der Waals surface area (Å²) < 4.78 is 6.05. The highest BCUT2D eigenvalue weighted by Gasteiger charge is 2.10. The Morgan fingerprint density at radius 3 is 2.63 bits per heavy atom. The molecule has 0 radical (unpaired) electrons. The van der Waals surface area contributed by atoms with E-state index in [4.69, 9.17) is 4.74 Å². The Labute approximate surface area is 123 Å². The first-order valence-electron chi connectivity index (χ1n) is 6.20. The van der Waals surface area contributed by atoms with Crippen molar-refractivity contribution in [2.75, 3.05) is 19.0 Å². The summed E-state index contributed by atoms with van der Waals surface area (Å²) in [6.45, 7) is 6.88. The molecule has 0 heterocycles. The molecule has 0 unspecified atom stereocenters. The van der Waals surface area contributed by atoms with E-state index in [0.29, 0.717) is 18.7 Å². The van der Waals surface area contributed by atoms with Gasteiger partial charge in [0.25, 0.3) is 0 Å². The summed E-state index contributed by atoms with van der Waals surface area (Å²) in [5, 5.41) is 6.13. The highest BCUT2D eigenvalue weighted by atomic mass is 79.9. The number of ether oxygens (including phenoxy) is 1. The third kappa shape index (κ3) is 6.07. The van der Waals surface area contributed by atoms with Gasteiger partial charge < -0.3 is 15.4 Å². The van der Waals surface area contributed by atoms with E-state index < -0.39 is 0 Å². The molecule has 0 aliphatic rings. The number of hydrogen-bond donors (Lipinski definition) is 2. The Balaban J connectivity index is 2.48. The van der Waals surface area contributed by atoms with E-state index in [-0.39, 0.29) is 11.4 Å². The third-order valence-electron chi connectivity index (χ3n) is 2.44. The molecule has 0 bridgehead atoms. The molecule has 2 N–H and O–H groups in total. The number of anilines is 1. The van der Waals surface area contributed by atoms with E-state index in [1.54, 1.807) is 13.2 Å². The molecule has 1 aromatic rings. The minimum absolute atomic E-state index is 0.0128. The van der Waals surface area contributed by atoms with E-state index >= 15 is 0 Å². The second-order valence-electron chi connectivity index (χ2n) is 5.32. The maximum atomic E-state index is 11.8. The van der Waals surface area contributed by atoms with E-state index in [1.807, 2.05) is 12.1 Å². The summed E-state index contributed by atoms with van der Waals surface area (Å²) >= 11 is 3.37. The zero-order valence-corrected chi connectivity index (χ0v) is 13.4. The van der Waals surface area contributed by atoms with Gasteiger partial charge in [0, 0.05) is 30.3 Å². The lowest BCUT2D eigenvalue weighted by Gasteiger charge is -2.20. The van der Waals surface area contributed by atoms with Crippen LogP contribution in [0.5, 0.6) is 5.75 Å². The summed E-state index contributed by atoms with van der Waals surface area (Å²) in [4.78, 5) is 11.8. The van der Waals surface area contributed by atoms with Gasteiger partial charge in [-0.2, -0.15) is 0 Å². The molecule has 0 saturated heterocycles. The van der Waals surface area contributed by atoms with Crippen LogP contribution < -0.4 is 15.4 Å². The Kier molecular flexibility index (Phi) is 5.82. The van der Waals surface area contributed by atoms with Crippen molar-refractivity contribution in [3.63, 3.8) is 0 Å². The molecular weight excluding hydrogens is 308 g/mol. The van der Waals surface area contributed by atoms with Gasteiger partial charge in [-0.05, 0) is 48.8 Å². The number of halogens is 1. The molecule has 0 aliphatic heterocycles. The summed E-state index contributed by atoms with van der Waals surface area (Å²) in [6, 6.07) is 5.47. The normalized spacial score (nSPS) is 11.2. The number of amides is 1. The van der Waals surface area contributed by atoms with Crippen LogP contribution in [0.15, 0.2) is 22.7 Å². The van der Waals surface area contributed by atoms with E-state index in [2.05, 4.69) is 47.3 Å². The van der Waals surface area contributed by atoms with Crippen LogP contribution in [0.4, 0.5) is 5.69 Å². The minimum atomic E-state index is -0.0128. The molecule has 0 aromatic heterocycles. The molecule has 0 aliphatic carbocycles. The second kappa shape index (κ2) is 6.91. The lowest BCUT2D eigenvalue weighted by Crippen LogP contribution is -2.37. The Morgan fingerprint density at radius 1 is 1.37 bits per heavy atom. The summed E-state index contributed by atoms with van der Waals surface area (Å²) in [7, 11) is 1.60. The van der Waals surface area contributed by atoms with Crippen LogP contribution in [0.1, 0.15) is 27.2 Å². The van der Waals surface area contributed by atoms with Gasteiger partial charge in [0.1, 0.15) is 5.75 Å². The lowest BCUT2D eigenvalue weighted by molar-refractivity contribution is -0.116. The SMILES string of the molecule is COc1cc(NC(=O)CCNC(C)(C)C)ccc1Br. The third-order valence-corrected chi connectivity index (χ3v) is 3.10. The topological polar surface area (TPSA) is 50.4 Å². The standard InChI is InChI=1S/C14H21BrN2O2/c1-14(2,3)16-8-7-13(18)17-10-5-6-11(15)12(9-10)19-4/h5-6,9,16H,7-8H2,1-4H3,(H,17,18). The van der Waals surface area contributed by atoms with Crippen molar-refractivity contribution in [3.05, 3.63) is 22.7 Å². The number of carbonyl (C=O) groups is 1. The number of nitrogens with one attached hydrogen (secondary N) is 2. The van der Waals surface area contributed by atoms with Gasteiger partial charge in [-0.1, -0.05) is 0 Å². The average molecular weight is 329 g/mol. The fourth-order valence-corrected chi connectivity index (χ4v) is 1.92. The highest BCUT2D eigenvalue weighted by Crippen LogP contribution is 2.27. The summed E-state index contributed by atoms with van der Waals surface area (Å²) in [5.41, 5.74) is 0.766. The van der Waals surface area contributed by atoms with Crippen LogP contribution in [-0.2, 0) is 4.79 Å². The summed E-state index contributed by atoms with van der Waals surface area (Å²) in [6.07, 6.45) is 0.440. The fourth-order valence-electron chi connectivity index (χ4n) is 1.51. The Hall–Kier alpha value is -1.07. The molecule has 0 fully saturated rings. The molecule has 0 saturated carbocycles. The van der Waals surface area contributed by atoms with Crippen molar-refractivity contribution >= 4 is 27.5 Å². The Morgan fingerprint density at radius 2 is 2.05 bits per heavy atom. The Bertz CT molecular complexity index is 442. The van der Waals surface area contributed by atoms with Crippen LogP contribution in [0.25, 0.3) is 0 Å². The first kappa shape index (κ1) is 16.0. The zero-order chi connectivity index (χ0) is 14.5. The quantitative estimate of drug-likeness (QED) is 0.872. The van der Waals surface area contributed by atoms with Crippen LogP contribution in [0.2, 0.25) is 0 Å². The number of benzene rings is 1. The highest BCUT2D eigenvalue weighted by molar-refractivity contribution is 9.10. The van der Waals surface area contributed by atoms with Crippen LogP contribution in [0, 0.1) is 0 Å². The van der Waals surface area contributed by atoms with Gasteiger partial charge in [0.05, 0.1) is 11.6 Å².